The van der Waals surface area contributed by atoms with Gasteiger partial charge < -0.3 is 9.84 Å². The second-order valence-corrected chi connectivity index (χ2v) is 4.89. The van der Waals surface area contributed by atoms with Gasteiger partial charge in [-0.1, -0.05) is 6.08 Å². The van der Waals surface area contributed by atoms with Gasteiger partial charge in [0.2, 0.25) is 0 Å². The number of aliphatic carboxylic acids is 1. The zero-order valence-electron chi connectivity index (χ0n) is 9.12. The summed E-state index contributed by atoms with van der Waals surface area (Å²) in [5.74, 6) is 0.644. The van der Waals surface area contributed by atoms with Crippen molar-refractivity contribution in [3.8, 4) is 0 Å². The van der Waals surface area contributed by atoms with E-state index in [2.05, 4.69) is 13.8 Å². The molecule has 1 aliphatic carbocycles. The molecule has 0 radical (unpaired) electrons. The molecule has 15 heavy (non-hydrogen) atoms. The number of carboxylic acid groups (broad SMARTS) is 1. The van der Waals surface area contributed by atoms with Gasteiger partial charge >= 0.3 is 5.97 Å². The molecule has 0 amide bonds. The normalized spacial score (nSPS) is 27.5. The molecule has 1 heterocycles. The Balaban J connectivity index is 2.11. The van der Waals surface area contributed by atoms with E-state index in [1.807, 2.05) is 12.2 Å². The zero-order valence-corrected chi connectivity index (χ0v) is 9.12. The van der Waals surface area contributed by atoms with E-state index < -0.39 is 5.97 Å². The first-order valence-electron chi connectivity index (χ1n) is 5.28. The van der Waals surface area contributed by atoms with Crippen molar-refractivity contribution in [2.24, 2.45) is 5.92 Å². The van der Waals surface area contributed by atoms with Gasteiger partial charge in [0.1, 0.15) is 11.4 Å². The van der Waals surface area contributed by atoms with Gasteiger partial charge in [0.05, 0.1) is 6.42 Å². The number of hydrogen-bond donors (Lipinski definition) is 1. The number of rotatable bonds is 2. The molecule has 3 nitrogen and oxygen atoms in total. The maximum absolute atomic E-state index is 10.6. The molecule has 1 fully saturated rings. The standard InChI is InChI=1S/C12H16O3/c1-12(2)7-9-4-3-8(6-11(13)14)5-10(9)15-12/h3,5,9H,4,6-7H2,1-2H3,(H,13,14). The molecule has 82 valence electrons. The molecule has 2 rings (SSSR count). The maximum atomic E-state index is 10.6. The minimum absolute atomic E-state index is 0.0942. The molecule has 0 saturated carbocycles. The smallest absolute Gasteiger partial charge is 0.307 e. The van der Waals surface area contributed by atoms with Crippen LogP contribution >= 0.6 is 0 Å². The summed E-state index contributed by atoms with van der Waals surface area (Å²) in [6.45, 7) is 4.14. The largest absolute Gasteiger partial charge is 0.492 e. The van der Waals surface area contributed by atoms with Gasteiger partial charge in [-0.2, -0.15) is 0 Å². The van der Waals surface area contributed by atoms with Gasteiger partial charge in [-0.15, -0.1) is 0 Å². The van der Waals surface area contributed by atoms with Crippen molar-refractivity contribution in [2.45, 2.75) is 38.7 Å². The number of carbonyl (C=O) groups is 1. The Bertz CT molecular complexity index is 350. The second kappa shape index (κ2) is 3.40. The summed E-state index contributed by atoms with van der Waals surface area (Å²) >= 11 is 0. The Hall–Kier alpha value is -1.25. The number of carboxylic acids is 1. The summed E-state index contributed by atoms with van der Waals surface area (Å²) in [5, 5.41) is 8.70. The molecule has 3 heteroatoms. The monoisotopic (exact) mass is 208 g/mol. The lowest BCUT2D eigenvalue weighted by molar-refractivity contribution is -0.136. The van der Waals surface area contributed by atoms with Crippen LogP contribution in [0.25, 0.3) is 0 Å². The highest BCUT2D eigenvalue weighted by Crippen LogP contribution is 2.42. The van der Waals surface area contributed by atoms with Crippen LogP contribution in [-0.2, 0) is 9.53 Å². The Morgan fingerprint density at radius 1 is 1.67 bits per heavy atom. The third-order valence-corrected chi connectivity index (χ3v) is 2.88. The first-order chi connectivity index (χ1) is 6.96. The molecular formula is C12H16O3. The van der Waals surface area contributed by atoms with E-state index in [1.54, 1.807) is 0 Å². The molecule has 1 aliphatic heterocycles. The Kier molecular flexibility index (Phi) is 2.33. The second-order valence-electron chi connectivity index (χ2n) is 4.89. The van der Waals surface area contributed by atoms with Crippen LogP contribution in [0.1, 0.15) is 33.1 Å². The van der Waals surface area contributed by atoms with Crippen LogP contribution in [0.3, 0.4) is 0 Å². The van der Waals surface area contributed by atoms with Crippen LogP contribution < -0.4 is 0 Å². The molecule has 0 spiro atoms. The SMILES string of the molecule is CC1(C)CC2CC=C(CC(=O)O)C=C2O1. The minimum atomic E-state index is -0.784. The van der Waals surface area contributed by atoms with Gasteiger partial charge in [-0.05, 0) is 38.3 Å². The minimum Gasteiger partial charge on any atom is -0.492 e. The first kappa shape index (κ1) is 10.3. The molecule has 2 aliphatic rings. The van der Waals surface area contributed by atoms with Crippen LogP contribution in [0, 0.1) is 5.92 Å². The highest BCUT2D eigenvalue weighted by Gasteiger charge is 2.37. The van der Waals surface area contributed by atoms with Crippen molar-refractivity contribution >= 4 is 5.97 Å². The quantitative estimate of drug-likeness (QED) is 0.758. The lowest BCUT2D eigenvalue weighted by Crippen LogP contribution is -2.16. The van der Waals surface area contributed by atoms with Crippen LogP contribution in [0.15, 0.2) is 23.5 Å². The zero-order chi connectivity index (χ0) is 11.1. The molecule has 0 aromatic carbocycles. The fourth-order valence-electron chi connectivity index (χ4n) is 2.32. The van der Waals surface area contributed by atoms with Crippen molar-refractivity contribution in [1.29, 1.82) is 0 Å². The van der Waals surface area contributed by atoms with Crippen LogP contribution in [0.4, 0.5) is 0 Å². The predicted octanol–water partition coefficient (Wildman–Crippen LogP) is 2.49. The number of hydrogen-bond acceptors (Lipinski definition) is 2. The van der Waals surface area contributed by atoms with E-state index in [0.29, 0.717) is 5.92 Å². The average Bonchev–Trinajstić information content (AvgIpc) is 2.36. The van der Waals surface area contributed by atoms with Crippen LogP contribution in [0.2, 0.25) is 0 Å². The van der Waals surface area contributed by atoms with Crippen molar-refractivity contribution in [3.05, 3.63) is 23.5 Å². The third kappa shape index (κ3) is 2.22. The van der Waals surface area contributed by atoms with E-state index in [9.17, 15) is 4.79 Å². The molecule has 1 N–H and O–H groups in total. The van der Waals surface area contributed by atoms with Crippen molar-refractivity contribution in [1.82, 2.24) is 0 Å². The molecule has 1 unspecified atom stereocenters. The van der Waals surface area contributed by atoms with E-state index in [4.69, 9.17) is 9.84 Å². The fourth-order valence-corrected chi connectivity index (χ4v) is 2.32. The van der Waals surface area contributed by atoms with Crippen LogP contribution in [-0.4, -0.2) is 16.7 Å². The Labute approximate surface area is 89.4 Å². The molecule has 0 aromatic heterocycles. The maximum Gasteiger partial charge on any atom is 0.307 e. The van der Waals surface area contributed by atoms with Gasteiger partial charge in [-0.3, -0.25) is 4.79 Å². The topological polar surface area (TPSA) is 46.5 Å². The van der Waals surface area contributed by atoms with E-state index >= 15 is 0 Å². The van der Waals surface area contributed by atoms with Gasteiger partial charge in [-0.25, -0.2) is 0 Å². The third-order valence-electron chi connectivity index (χ3n) is 2.88. The highest BCUT2D eigenvalue weighted by atomic mass is 16.5. The molecule has 0 bridgehead atoms. The number of ether oxygens (including phenoxy) is 1. The molecule has 0 aromatic rings. The number of fused-ring (bicyclic) bond motifs is 1. The first-order valence-corrected chi connectivity index (χ1v) is 5.28. The predicted molar refractivity (Wildman–Crippen MR) is 56.3 cm³/mol. The van der Waals surface area contributed by atoms with E-state index in [-0.39, 0.29) is 12.0 Å². The summed E-state index contributed by atoms with van der Waals surface area (Å²) in [5.41, 5.74) is 0.773. The highest BCUT2D eigenvalue weighted by molar-refractivity contribution is 5.71. The van der Waals surface area contributed by atoms with Crippen LogP contribution in [0.5, 0.6) is 0 Å². The summed E-state index contributed by atoms with van der Waals surface area (Å²) in [6, 6.07) is 0. The van der Waals surface area contributed by atoms with Gasteiger partial charge in [0.15, 0.2) is 0 Å². The van der Waals surface area contributed by atoms with Gasteiger partial charge in [0.25, 0.3) is 0 Å². The number of allylic oxidation sites excluding steroid dienone is 3. The van der Waals surface area contributed by atoms with Crippen molar-refractivity contribution in [2.75, 3.05) is 0 Å². The Morgan fingerprint density at radius 3 is 3.07 bits per heavy atom. The van der Waals surface area contributed by atoms with E-state index in [1.165, 1.54) is 0 Å². The fraction of sp³-hybridized carbons (Fsp3) is 0.583. The molecular weight excluding hydrogens is 192 g/mol. The van der Waals surface area contributed by atoms with E-state index in [0.717, 1.165) is 24.2 Å². The van der Waals surface area contributed by atoms with Gasteiger partial charge in [0, 0.05) is 5.92 Å². The lowest BCUT2D eigenvalue weighted by atomic mass is 9.89. The Morgan fingerprint density at radius 2 is 2.40 bits per heavy atom. The van der Waals surface area contributed by atoms with Crippen molar-refractivity contribution < 1.29 is 14.6 Å². The summed E-state index contributed by atoms with van der Waals surface area (Å²) in [6.07, 6.45) is 5.96. The summed E-state index contributed by atoms with van der Waals surface area (Å²) in [7, 11) is 0. The summed E-state index contributed by atoms with van der Waals surface area (Å²) in [4.78, 5) is 10.6. The summed E-state index contributed by atoms with van der Waals surface area (Å²) < 4.78 is 5.79. The molecule has 1 atom stereocenters. The molecule has 1 saturated heterocycles. The van der Waals surface area contributed by atoms with Crippen molar-refractivity contribution in [3.63, 3.8) is 0 Å². The average molecular weight is 208 g/mol. The lowest BCUT2D eigenvalue weighted by Gasteiger charge is -2.17.